The van der Waals surface area contributed by atoms with Crippen molar-refractivity contribution >= 4 is 5.91 Å². The van der Waals surface area contributed by atoms with Crippen LogP contribution in [0.1, 0.15) is 103 Å². The van der Waals surface area contributed by atoms with Crippen LogP contribution in [0.4, 0.5) is 0 Å². The van der Waals surface area contributed by atoms with Gasteiger partial charge in [-0.05, 0) is 83.7 Å². The molecular weight excluding hydrogens is 518 g/mol. The van der Waals surface area contributed by atoms with E-state index in [1.54, 1.807) is 12.0 Å². The van der Waals surface area contributed by atoms with E-state index in [1.807, 2.05) is 0 Å². The molecular formula is C33H57N3O5. The SMILES string of the molecule is C[C@@H](O)[C@H]1[C@@H](CO)ON(CC2CCCC(C#C[C@@H](O)C3CCCCC3)C2)[C@H]1C(=O)NCCCN(C)C1CCCCC1. The predicted molar refractivity (Wildman–Crippen MR) is 161 cm³/mol. The van der Waals surface area contributed by atoms with E-state index in [-0.39, 0.29) is 18.4 Å². The fourth-order valence-electron chi connectivity index (χ4n) is 7.86. The van der Waals surface area contributed by atoms with Crippen molar-refractivity contribution in [3.05, 3.63) is 0 Å². The van der Waals surface area contributed by atoms with Crippen LogP contribution in [0.3, 0.4) is 0 Å². The number of hydrogen-bond acceptors (Lipinski definition) is 7. The van der Waals surface area contributed by atoms with Crippen LogP contribution in [0.15, 0.2) is 0 Å². The van der Waals surface area contributed by atoms with Gasteiger partial charge in [0.05, 0.1) is 12.7 Å². The van der Waals surface area contributed by atoms with Crippen LogP contribution in [0.25, 0.3) is 0 Å². The van der Waals surface area contributed by atoms with E-state index in [0.717, 1.165) is 51.5 Å². The van der Waals surface area contributed by atoms with Gasteiger partial charge in [-0.1, -0.05) is 56.8 Å². The molecule has 0 aromatic rings. The first-order chi connectivity index (χ1) is 19.9. The largest absolute Gasteiger partial charge is 0.394 e. The summed E-state index contributed by atoms with van der Waals surface area (Å²) in [5.74, 6) is 6.82. The Hall–Kier alpha value is -1.21. The van der Waals surface area contributed by atoms with Crippen molar-refractivity contribution in [1.82, 2.24) is 15.3 Å². The fourth-order valence-corrected chi connectivity index (χ4v) is 7.86. The number of nitrogens with one attached hydrogen (secondary N) is 1. The number of nitrogens with zero attached hydrogens (tertiary/aromatic N) is 2. The zero-order chi connectivity index (χ0) is 29.2. The topological polar surface area (TPSA) is 105 Å². The molecule has 0 radical (unpaired) electrons. The van der Waals surface area contributed by atoms with Crippen LogP contribution in [0, 0.1) is 35.5 Å². The molecule has 2 unspecified atom stereocenters. The summed E-state index contributed by atoms with van der Waals surface area (Å²) in [6, 6.07) is 0.0189. The van der Waals surface area contributed by atoms with Crippen molar-refractivity contribution < 1.29 is 25.0 Å². The van der Waals surface area contributed by atoms with Crippen molar-refractivity contribution in [2.75, 3.05) is 33.3 Å². The zero-order valence-corrected chi connectivity index (χ0v) is 25.7. The molecule has 1 heterocycles. The average Bonchev–Trinajstić information content (AvgIpc) is 3.37. The second-order valence-electron chi connectivity index (χ2n) is 13.5. The third-order valence-corrected chi connectivity index (χ3v) is 10.3. The molecule has 3 saturated carbocycles. The highest BCUT2D eigenvalue weighted by Gasteiger charge is 2.49. The number of carbonyl (C=O) groups is 1. The number of hydrogen-bond donors (Lipinski definition) is 4. The van der Waals surface area contributed by atoms with Gasteiger partial charge in [0, 0.05) is 31.0 Å². The Morgan fingerprint density at radius 1 is 1.02 bits per heavy atom. The predicted octanol–water partition coefficient (Wildman–Crippen LogP) is 3.48. The van der Waals surface area contributed by atoms with Crippen LogP contribution in [-0.4, -0.2) is 94.9 Å². The molecule has 1 saturated heterocycles. The summed E-state index contributed by atoms with van der Waals surface area (Å²) in [5, 5.41) is 36.1. The summed E-state index contributed by atoms with van der Waals surface area (Å²) in [5.41, 5.74) is 0. The van der Waals surface area contributed by atoms with Crippen LogP contribution >= 0.6 is 0 Å². The first-order valence-corrected chi connectivity index (χ1v) is 16.8. The molecule has 0 bridgehead atoms. The van der Waals surface area contributed by atoms with Gasteiger partial charge in [-0.3, -0.25) is 9.63 Å². The van der Waals surface area contributed by atoms with Gasteiger partial charge in [-0.2, -0.15) is 5.06 Å². The highest BCUT2D eigenvalue weighted by molar-refractivity contribution is 5.82. The number of rotatable bonds is 11. The monoisotopic (exact) mass is 575 g/mol. The molecule has 8 heteroatoms. The molecule has 4 N–H and O–H groups in total. The van der Waals surface area contributed by atoms with Gasteiger partial charge >= 0.3 is 0 Å². The lowest BCUT2D eigenvalue weighted by molar-refractivity contribution is -0.183. The zero-order valence-electron chi connectivity index (χ0n) is 25.7. The van der Waals surface area contributed by atoms with Gasteiger partial charge in [0.1, 0.15) is 18.2 Å². The van der Waals surface area contributed by atoms with Gasteiger partial charge in [-0.15, -0.1) is 0 Å². The van der Waals surface area contributed by atoms with E-state index in [4.69, 9.17) is 4.84 Å². The van der Waals surface area contributed by atoms with Crippen LogP contribution in [0.5, 0.6) is 0 Å². The van der Waals surface area contributed by atoms with Crippen molar-refractivity contribution in [2.24, 2.45) is 23.7 Å². The van der Waals surface area contributed by atoms with Crippen LogP contribution in [0.2, 0.25) is 0 Å². The Kier molecular flexibility index (Phi) is 13.2. The summed E-state index contributed by atoms with van der Waals surface area (Å²) < 4.78 is 0. The van der Waals surface area contributed by atoms with E-state index < -0.39 is 30.3 Å². The van der Waals surface area contributed by atoms with Crippen LogP contribution < -0.4 is 5.32 Å². The molecule has 0 aromatic carbocycles. The fraction of sp³-hybridized carbons (Fsp3) is 0.909. The molecule has 1 aliphatic heterocycles. The number of amides is 1. The minimum absolute atomic E-state index is 0.130. The minimum atomic E-state index is -0.781. The summed E-state index contributed by atoms with van der Waals surface area (Å²) in [7, 11) is 2.19. The van der Waals surface area contributed by atoms with E-state index in [9.17, 15) is 20.1 Å². The summed E-state index contributed by atoms with van der Waals surface area (Å²) >= 11 is 0. The lowest BCUT2D eigenvalue weighted by Crippen LogP contribution is -2.50. The van der Waals surface area contributed by atoms with E-state index in [1.165, 1.54) is 51.4 Å². The lowest BCUT2D eigenvalue weighted by atomic mass is 9.80. The molecule has 4 aliphatic rings. The number of hydroxylamine groups is 2. The molecule has 41 heavy (non-hydrogen) atoms. The Morgan fingerprint density at radius 3 is 2.41 bits per heavy atom. The second kappa shape index (κ2) is 16.6. The first kappa shape index (κ1) is 32.7. The second-order valence-corrected chi connectivity index (χ2v) is 13.5. The van der Waals surface area contributed by atoms with Gasteiger partial charge in [-0.25, -0.2) is 0 Å². The smallest absolute Gasteiger partial charge is 0.240 e. The Labute approximate surface area is 248 Å². The van der Waals surface area contributed by atoms with Crippen molar-refractivity contribution in [3.8, 4) is 11.8 Å². The normalized spacial score (nSPS) is 31.9. The van der Waals surface area contributed by atoms with Crippen molar-refractivity contribution in [1.29, 1.82) is 0 Å². The maximum absolute atomic E-state index is 13.5. The molecule has 8 nitrogen and oxygen atoms in total. The van der Waals surface area contributed by atoms with Gasteiger partial charge in [0.2, 0.25) is 5.91 Å². The van der Waals surface area contributed by atoms with Gasteiger partial charge in [0.25, 0.3) is 0 Å². The Morgan fingerprint density at radius 2 is 1.73 bits per heavy atom. The molecule has 234 valence electrons. The molecule has 4 fully saturated rings. The van der Waals surface area contributed by atoms with Gasteiger partial charge in [0.15, 0.2) is 0 Å². The molecule has 1 amide bonds. The molecule has 4 rings (SSSR count). The Bertz CT molecular complexity index is 848. The molecule has 7 atom stereocenters. The maximum Gasteiger partial charge on any atom is 0.240 e. The third-order valence-electron chi connectivity index (χ3n) is 10.3. The highest BCUT2D eigenvalue weighted by atomic mass is 16.7. The van der Waals surface area contributed by atoms with Gasteiger partial charge < -0.3 is 25.5 Å². The van der Waals surface area contributed by atoms with E-state index >= 15 is 0 Å². The third kappa shape index (κ3) is 9.39. The van der Waals surface area contributed by atoms with Crippen molar-refractivity contribution in [3.63, 3.8) is 0 Å². The number of carbonyl (C=O) groups excluding carboxylic acids is 1. The Balaban J connectivity index is 1.31. The molecule has 0 spiro atoms. The number of aliphatic hydroxyl groups is 3. The summed E-state index contributed by atoms with van der Waals surface area (Å²) in [4.78, 5) is 22.1. The highest BCUT2D eigenvalue weighted by Crippen LogP contribution is 2.35. The molecule has 0 aromatic heterocycles. The number of aliphatic hydroxyl groups excluding tert-OH is 3. The summed E-state index contributed by atoms with van der Waals surface area (Å²) in [6.07, 6.45) is 15.3. The minimum Gasteiger partial charge on any atom is -0.394 e. The average molecular weight is 576 g/mol. The molecule has 3 aliphatic carbocycles. The van der Waals surface area contributed by atoms with E-state index in [0.29, 0.717) is 31.0 Å². The quantitative estimate of drug-likeness (QED) is 0.221. The maximum atomic E-state index is 13.5. The lowest BCUT2D eigenvalue weighted by Gasteiger charge is -2.32. The first-order valence-electron chi connectivity index (χ1n) is 16.8. The summed E-state index contributed by atoms with van der Waals surface area (Å²) in [6.45, 7) is 3.56. The standard InChI is InChI=1S/C33H57N3O5/c1-24(38)31-30(23-37)41-36(32(31)33(40)34-19-10-20-35(2)28-15-7-4-8-16-28)22-26-12-9-11-25(21-26)17-18-29(39)27-13-5-3-6-14-27/h24-32,37-39H,3-16,19-23H2,1-2H3,(H,34,40)/t24-,25?,26?,29-,30-,31+,32-/m1/s1. The van der Waals surface area contributed by atoms with E-state index in [2.05, 4.69) is 29.1 Å². The van der Waals surface area contributed by atoms with Crippen LogP contribution in [-0.2, 0) is 9.63 Å². The van der Waals surface area contributed by atoms with Crippen molar-refractivity contribution in [2.45, 2.75) is 134 Å².